The lowest BCUT2D eigenvalue weighted by Gasteiger charge is -2.47. The predicted molar refractivity (Wildman–Crippen MR) is 81.2 cm³/mol. The highest BCUT2D eigenvalue weighted by molar-refractivity contribution is 7.14. The second kappa shape index (κ2) is 5.15. The van der Waals surface area contributed by atoms with Crippen molar-refractivity contribution >= 4 is 17.2 Å². The molecule has 4 heteroatoms. The maximum Gasteiger partial charge on any atom is 0.263 e. The van der Waals surface area contributed by atoms with Gasteiger partial charge in [0, 0.05) is 23.9 Å². The highest BCUT2D eigenvalue weighted by atomic mass is 32.1. The van der Waals surface area contributed by atoms with Crippen molar-refractivity contribution < 1.29 is 9.90 Å². The molecule has 1 saturated heterocycles. The second-order valence-electron chi connectivity index (χ2n) is 6.40. The van der Waals surface area contributed by atoms with E-state index in [-0.39, 0.29) is 11.8 Å². The van der Waals surface area contributed by atoms with Crippen LogP contribution in [0.1, 0.15) is 52.2 Å². The summed E-state index contributed by atoms with van der Waals surface area (Å²) in [6, 6.07) is 2.00. The fourth-order valence-electron chi connectivity index (χ4n) is 3.59. The number of aliphatic hydroxyl groups is 1. The number of fused-ring (bicyclic) bond motifs is 1. The van der Waals surface area contributed by atoms with Gasteiger partial charge in [0.15, 0.2) is 0 Å². The van der Waals surface area contributed by atoms with Crippen LogP contribution in [-0.4, -0.2) is 34.6 Å². The molecular weight excluding hydrogens is 270 g/mol. The van der Waals surface area contributed by atoms with E-state index < -0.39 is 5.60 Å². The zero-order chi connectivity index (χ0) is 14.3. The first-order valence-corrected chi connectivity index (χ1v) is 8.40. The van der Waals surface area contributed by atoms with Gasteiger partial charge in [0.1, 0.15) is 0 Å². The van der Waals surface area contributed by atoms with Gasteiger partial charge in [-0.3, -0.25) is 4.79 Å². The van der Waals surface area contributed by atoms with Gasteiger partial charge in [-0.25, -0.2) is 0 Å². The molecule has 0 spiro atoms. The standard InChI is InChI=1S/C16H23NO2S/c1-11-9-14(20-12(11)2)15(18)17-8-7-16(19)6-4-3-5-13(16)10-17/h9,13,19H,3-8,10H2,1-2H3. The van der Waals surface area contributed by atoms with Crippen LogP contribution in [0.3, 0.4) is 0 Å². The molecule has 2 atom stereocenters. The number of amides is 1. The summed E-state index contributed by atoms with van der Waals surface area (Å²) in [5.41, 5.74) is 0.695. The molecule has 2 fully saturated rings. The van der Waals surface area contributed by atoms with Gasteiger partial charge in [0.25, 0.3) is 5.91 Å². The molecule has 0 radical (unpaired) electrons. The van der Waals surface area contributed by atoms with Gasteiger partial charge in [-0.1, -0.05) is 12.8 Å². The van der Waals surface area contributed by atoms with E-state index in [1.54, 1.807) is 11.3 Å². The molecule has 3 nitrogen and oxygen atoms in total. The summed E-state index contributed by atoms with van der Waals surface area (Å²) >= 11 is 1.59. The van der Waals surface area contributed by atoms with Crippen molar-refractivity contribution in [1.82, 2.24) is 4.90 Å². The van der Waals surface area contributed by atoms with Crippen molar-refractivity contribution in [3.8, 4) is 0 Å². The Morgan fingerprint density at radius 1 is 1.40 bits per heavy atom. The summed E-state index contributed by atoms with van der Waals surface area (Å²) in [5.74, 6) is 0.426. The lowest BCUT2D eigenvalue weighted by Crippen LogP contribution is -2.54. The zero-order valence-electron chi connectivity index (χ0n) is 12.3. The molecule has 1 aromatic heterocycles. The predicted octanol–water partition coefficient (Wildman–Crippen LogP) is 3.13. The minimum absolute atomic E-state index is 0.152. The van der Waals surface area contributed by atoms with Crippen LogP contribution in [0, 0.1) is 19.8 Å². The van der Waals surface area contributed by atoms with Crippen molar-refractivity contribution in [3.05, 3.63) is 21.4 Å². The Bertz CT molecular complexity index is 505. The molecule has 2 aliphatic rings. The van der Waals surface area contributed by atoms with Gasteiger partial charge in [-0.15, -0.1) is 11.3 Å². The average Bonchev–Trinajstić information content (AvgIpc) is 2.77. The molecule has 110 valence electrons. The number of rotatable bonds is 1. The molecule has 2 unspecified atom stereocenters. The third-order valence-electron chi connectivity index (χ3n) is 5.09. The largest absolute Gasteiger partial charge is 0.389 e. The molecule has 0 aromatic carbocycles. The summed E-state index contributed by atoms with van der Waals surface area (Å²) in [4.78, 5) is 16.6. The van der Waals surface area contributed by atoms with E-state index in [9.17, 15) is 9.90 Å². The number of aryl methyl sites for hydroxylation is 2. The lowest BCUT2D eigenvalue weighted by atomic mass is 9.71. The number of hydrogen-bond acceptors (Lipinski definition) is 3. The van der Waals surface area contributed by atoms with Crippen molar-refractivity contribution in [2.24, 2.45) is 5.92 Å². The molecule has 1 N–H and O–H groups in total. The van der Waals surface area contributed by atoms with Gasteiger partial charge in [0.2, 0.25) is 0 Å². The Morgan fingerprint density at radius 3 is 2.90 bits per heavy atom. The highest BCUT2D eigenvalue weighted by Crippen LogP contribution is 2.40. The molecule has 2 heterocycles. The lowest BCUT2D eigenvalue weighted by molar-refractivity contribution is -0.0885. The molecule has 20 heavy (non-hydrogen) atoms. The summed E-state index contributed by atoms with van der Waals surface area (Å²) in [7, 11) is 0. The van der Waals surface area contributed by atoms with E-state index in [1.165, 1.54) is 16.9 Å². The number of carbonyl (C=O) groups is 1. The van der Waals surface area contributed by atoms with Crippen LogP contribution < -0.4 is 0 Å². The van der Waals surface area contributed by atoms with E-state index in [2.05, 4.69) is 13.8 Å². The second-order valence-corrected chi connectivity index (χ2v) is 7.65. The average molecular weight is 293 g/mol. The van der Waals surface area contributed by atoms with Crippen LogP contribution in [0.25, 0.3) is 0 Å². The normalized spacial score (nSPS) is 30.1. The van der Waals surface area contributed by atoms with E-state index in [0.29, 0.717) is 6.54 Å². The molecule has 1 saturated carbocycles. The first kappa shape index (κ1) is 14.1. The SMILES string of the molecule is Cc1cc(C(=O)N2CCC3(O)CCCCC3C2)sc1C. The van der Waals surface area contributed by atoms with Gasteiger partial charge < -0.3 is 10.0 Å². The first-order valence-electron chi connectivity index (χ1n) is 7.58. The van der Waals surface area contributed by atoms with Crippen LogP contribution >= 0.6 is 11.3 Å². The summed E-state index contributed by atoms with van der Waals surface area (Å²) < 4.78 is 0. The van der Waals surface area contributed by atoms with Crippen molar-refractivity contribution in [1.29, 1.82) is 0 Å². The molecule has 0 bridgehead atoms. The minimum atomic E-state index is -0.504. The number of piperidine rings is 1. The minimum Gasteiger partial charge on any atom is -0.389 e. The van der Waals surface area contributed by atoms with Crippen LogP contribution in [0.4, 0.5) is 0 Å². The number of nitrogens with zero attached hydrogens (tertiary/aromatic N) is 1. The van der Waals surface area contributed by atoms with Crippen molar-refractivity contribution in [2.75, 3.05) is 13.1 Å². The van der Waals surface area contributed by atoms with E-state index >= 15 is 0 Å². The number of carbonyl (C=O) groups excluding carboxylic acids is 1. The van der Waals surface area contributed by atoms with Crippen LogP contribution in [0.5, 0.6) is 0 Å². The topological polar surface area (TPSA) is 40.5 Å². The summed E-state index contributed by atoms with van der Waals surface area (Å²) in [6.45, 7) is 5.54. The maximum atomic E-state index is 12.6. The van der Waals surface area contributed by atoms with Gasteiger partial charge in [-0.05, 0) is 44.7 Å². The molecular formula is C16H23NO2S. The van der Waals surface area contributed by atoms with Crippen molar-refractivity contribution in [2.45, 2.75) is 51.6 Å². The fraction of sp³-hybridized carbons (Fsp3) is 0.688. The third kappa shape index (κ3) is 2.40. The number of likely N-dealkylation sites (tertiary alicyclic amines) is 1. The third-order valence-corrected chi connectivity index (χ3v) is 6.23. The van der Waals surface area contributed by atoms with E-state index in [4.69, 9.17) is 0 Å². The Hall–Kier alpha value is -0.870. The molecule has 3 rings (SSSR count). The van der Waals surface area contributed by atoms with E-state index in [0.717, 1.165) is 37.1 Å². The Labute approximate surface area is 124 Å². The fourth-order valence-corrected chi connectivity index (χ4v) is 4.59. The first-order chi connectivity index (χ1) is 9.49. The molecule has 1 aliphatic carbocycles. The Balaban J connectivity index is 1.74. The summed E-state index contributed by atoms with van der Waals surface area (Å²) in [6.07, 6.45) is 5.03. The Kier molecular flexibility index (Phi) is 3.63. The quantitative estimate of drug-likeness (QED) is 0.864. The molecule has 1 aromatic rings. The van der Waals surface area contributed by atoms with Crippen LogP contribution in [0.15, 0.2) is 6.07 Å². The van der Waals surface area contributed by atoms with Crippen LogP contribution in [0.2, 0.25) is 0 Å². The van der Waals surface area contributed by atoms with Crippen molar-refractivity contribution in [3.63, 3.8) is 0 Å². The van der Waals surface area contributed by atoms with Gasteiger partial charge >= 0.3 is 0 Å². The number of thiophene rings is 1. The molecule has 1 aliphatic heterocycles. The Morgan fingerprint density at radius 2 is 2.20 bits per heavy atom. The number of hydrogen-bond donors (Lipinski definition) is 1. The summed E-state index contributed by atoms with van der Waals surface area (Å²) in [5, 5.41) is 10.7. The maximum absolute atomic E-state index is 12.6. The van der Waals surface area contributed by atoms with Gasteiger partial charge in [0.05, 0.1) is 10.5 Å². The monoisotopic (exact) mass is 293 g/mol. The van der Waals surface area contributed by atoms with Gasteiger partial charge in [-0.2, -0.15) is 0 Å². The van der Waals surface area contributed by atoms with E-state index in [1.807, 2.05) is 11.0 Å². The zero-order valence-corrected chi connectivity index (χ0v) is 13.1. The highest BCUT2D eigenvalue weighted by Gasteiger charge is 2.43. The molecule has 1 amide bonds. The van der Waals surface area contributed by atoms with Crippen LogP contribution in [-0.2, 0) is 0 Å². The smallest absolute Gasteiger partial charge is 0.263 e.